The molecular weight excluding hydrogens is 290 g/mol. The number of alkyl halides is 2. The Hall–Kier alpha value is -1.21. The predicted octanol–water partition coefficient (Wildman–Crippen LogP) is 3.45. The summed E-state index contributed by atoms with van der Waals surface area (Å²) in [6, 6.07) is 6.47. The van der Waals surface area contributed by atoms with E-state index in [1.165, 1.54) is 12.1 Å². The topological polar surface area (TPSA) is 63.6 Å². The van der Waals surface area contributed by atoms with Crippen molar-refractivity contribution in [3.8, 4) is 5.75 Å². The molecule has 4 nitrogen and oxygen atoms in total. The normalized spacial score (nSPS) is 15.7. The lowest BCUT2D eigenvalue weighted by molar-refractivity contribution is -0.0235. The van der Waals surface area contributed by atoms with Crippen molar-refractivity contribution in [2.75, 3.05) is 0 Å². The highest BCUT2D eigenvalue weighted by atomic mass is 32.2. The summed E-state index contributed by atoms with van der Waals surface area (Å²) in [6.45, 7) is 4.95. The molecule has 20 heavy (non-hydrogen) atoms. The van der Waals surface area contributed by atoms with E-state index in [1.54, 1.807) is 12.1 Å². The Kier molecular flexibility index (Phi) is 5.10. The molecule has 0 heterocycles. The Morgan fingerprint density at radius 3 is 2.15 bits per heavy atom. The van der Waals surface area contributed by atoms with Gasteiger partial charge in [-0.25, -0.2) is 0 Å². The molecule has 0 bridgehead atoms. The smallest absolute Gasteiger partial charge is 0.405 e. The van der Waals surface area contributed by atoms with Crippen molar-refractivity contribution in [2.24, 2.45) is 0 Å². The van der Waals surface area contributed by atoms with E-state index in [0.29, 0.717) is 5.92 Å². The largest absolute Gasteiger partial charge is 0.483 e. The van der Waals surface area contributed by atoms with E-state index in [1.807, 2.05) is 13.8 Å². The molecule has 1 aromatic carbocycles. The van der Waals surface area contributed by atoms with Crippen LogP contribution in [-0.2, 0) is 10.1 Å². The third-order valence-electron chi connectivity index (χ3n) is 3.19. The van der Waals surface area contributed by atoms with Crippen molar-refractivity contribution >= 4 is 10.1 Å². The van der Waals surface area contributed by atoms with Crippen LogP contribution in [0.3, 0.4) is 0 Å². The lowest BCUT2D eigenvalue weighted by Gasteiger charge is -2.22. The summed E-state index contributed by atoms with van der Waals surface area (Å²) in [6.07, 6.45) is -1.05. The molecule has 2 unspecified atom stereocenters. The Labute approximate surface area is 117 Å². The molecule has 114 valence electrons. The number of rotatable bonds is 6. The zero-order valence-corrected chi connectivity index (χ0v) is 12.3. The lowest BCUT2D eigenvalue weighted by Crippen LogP contribution is -2.42. The van der Waals surface area contributed by atoms with Crippen LogP contribution in [0.15, 0.2) is 24.3 Å². The molecule has 7 heteroatoms. The summed E-state index contributed by atoms with van der Waals surface area (Å²) in [5, 5.41) is -4.36. The van der Waals surface area contributed by atoms with Gasteiger partial charge in [0.2, 0.25) is 0 Å². The van der Waals surface area contributed by atoms with Gasteiger partial charge >= 0.3 is 15.4 Å². The molecular formula is C13H18F2O4S. The molecule has 0 amide bonds. The van der Waals surface area contributed by atoms with Crippen molar-refractivity contribution in [2.45, 2.75) is 44.5 Å². The van der Waals surface area contributed by atoms with Gasteiger partial charge in [0, 0.05) is 0 Å². The summed E-state index contributed by atoms with van der Waals surface area (Å²) in [5.41, 5.74) is 1.04. The Morgan fingerprint density at radius 2 is 1.75 bits per heavy atom. The summed E-state index contributed by atoms with van der Waals surface area (Å²) in [4.78, 5) is 0. The van der Waals surface area contributed by atoms with Crippen LogP contribution in [0.4, 0.5) is 8.78 Å². The summed E-state index contributed by atoms with van der Waals surface area (Å²) in [7, 11) is -5.51. The Balaban J connectivity index is 2.84. The van der Waals surface area contributed by atoms with Crippen LogP contribution in [0.2, 0.25) is 0 Å². The van der Waals surface area contributed by atoms with Gasteiger partial charge in [-0.2, -0.15) is 17.2 Å². The first-order chi connectivity index (χ1) is 9.09. The Morgan fingerprint density at radius 1 is 1.25 bits per heavy atom. The predicted molar refractivity (Wildman–Crippen MR) is 71.7 cm³/mol. The fourth-order valence-corrected chi connectivity index (χ4v) is 2.06. The van der Waals surface area contributed by atoms with Gasteiger partial charge in [-0.15, -0.1) is 0 Å². The molecule has 0 saturated carbocycles. The van der Waals surface area contributed by atoms with Gasteiger partial charge in [0.15, 0.2) is 6.10 Å². The van der Waals surface area contributed by atoms with Crippen LogP contribution in [-0.4, -0.2) is 24.3 Å². The van der Waals surface area contributed by atoms with Crippen LogP contribution in [0, 0.1) is 0 Å². The molecule has 0 aromatic heterocycles. The number of hydrogen-bond donors (Lipinski definition) is 1. The lowest BCUT2D eigenvalue weighted by atomic mass is 9.99. The third kappa shape index (κ3) is 3.67. The van der Waals surface area contributed by atoms with E-state index in [9.17, 15) is 17.2 Å². The SMILES string of the molecule is CCC(C)c1ccc(OC(C)C(F)(F)S(=O)(=O)O)cc1. The van der Waals surface area contributed by atoms with Gasteiger partial charge in [-0.05, 0) is 37.0 Å². The van der Waals surface area contributed by atoms with E-state index in [0.717, 1.165) is 18.9 Å². The van der Waals surface area contributed by atoms with E-state index in [-0.39, 0.29) is 5.75 Å². The fraction of sp³-hybridized carbons (Fsp3) is 0.538. The highest BCUT2D eigenvalue weighted by molar-refractivity contribution is 7.86. The first kappa shape index (κ1) is 16.8. The van der Waals surface area contributed by atoms with Crippen LogP contribution in [0.5, 0.6) is 5.75 Å². The van der Waals surface area contributed by atoms with Gasteiger partial charge in [0.25, 0.3) is 0 Å². The zero-order chi connectivity index (χ0) is 15.6. The third-order valence-corrected chi connectivity index (χ3v) is 4.21. The van der Waals surface area contributed by atoms with Crippen LogP contribution < -0.4 is 4.74 Å². The maximum Gasteiger partial charge on any atom is 0.405 e. The van der Waals surface area contributed by atoms with Gasteiger partial charge in [-0.1, -0.05) is 26.0 Å². The molecule has 0 saturated heterocycles. The molecule has 1 rings (SSSR count). The maximum absolute atomic E-state index is 13.3. The second-order valence-electron chi connectivity index (χ2n) is 4.68. The summed E-state index contributed by atoms with van der Waals surface area (Å²) < 4.78 is 61.2. The minimum absolute atomic E-state index is 0.118. The molecule has 0 aliphatic carbocycles. The molecule has 0 aliphatic rings. The van der Waals surface area contributed by atoms with Crippen molar-refractivity contribution in [1.29, 1.82) is 0 Å². The molecule has 0 radical (unpaired) electrons. The van der Waals surface area contributed by atoms with Crippen molar-refractivity contribution < 1.29 is 26.5 Å². The van der Waals surface area contributed by atoms with Crippen molar-refractivity contribution in [1.82, 2.24) is 0 Å². The first-order valence-electron chi connectivity index (χ1n) is 6.21. The second kappa shape index (κ2) is 6.05. The van der Waals surface area contributed by atoms with Gasteiger partial charge in [0.05, 0.1) is 0 Å². The van der Waals surface area contributed by atoms with E-state index >= 15 is 0 Å². The molecule has 2 atom stereocenters. The minimum Gasteiger partial charge on any atom is -0.483 e. The number of halogens is 2. The molecule has 1 N–H and O–H groups in total. The molecule has 0 fully saturated rings. The first-order valence-corrected chi connectivity index (χ1v) is 7.65. The highest BCUT2D eigenvalue weighted by Crippen LogP contribution is 2.29. The zero-order valence-electron chi connectivity index (χ0n) is 11.5. The average Bonchev–Trinajstić information content (AvgIpc) is 2.37. The van der Waals surface area contributed by atoms with Gasteiger partial charge < -0.3 is 4.74 Å². The quantitative estimate of drug-likeness (QED) is 0.818. The summed E-state index contributed by atoms with van der Waals surface area (Å²) in [5.74, 6) is 0.452. The summed E-state index contributed by atoms with van der Waals surface area (Å²) >= 11 is 0. The standard InChI is InChI=1S/C13H18F2O4S/c1-4-9(2)11-5-7-12(8-6-11)19-10(3)13(14,15)20(16,17)18/h5-10H,4H2,1-3H3,(H,16,17,18). The van der Waals surface area contributed by atoms with Gasteiger partial charge in [-0.3, -0.25) is 4.55 Å². The van der Waals surface area contributed by atoms with Gasteiger partial charge in [0.1, 0.15) is 5.75 Å². The number of hydrogen-bond acceptors (Lipinski definition) is 3. The van der Waals surface area contributed by atoms with E-state index in [4.69, 9.17) is 9.29 Å². The fourth-order valence-electron chi connectivity index (χ4n) is 1.59. The van der Waals surface area contributed by atoms with E-state index < -0.39 is 21.5 Å². The van der Waals surface area contributed by atoms with Crippen molar-refractivity contribution in [3.63, 3.8) is 0 Å². The van der Waals surface area contributed by atoms with Crippen LogP contribution in [0.1, 0.15) is 38.7 Å². The van der Waals surface area contributed by atoms with E-state index in [2.05, 4.69) is 0 Å². The molecule has 1 aromatic rings. The highest BCUT2D eigenvalue weighted by Gasteiger charge is 2.51. The number of benzene rings is 1. The molecule has 0 aliphatic heterocycles. The Bertz CT molecular complexity index is 540. The van der Waals surface area contributed by atoms with Crippen LogP contribution in [0.25, 0.3) is 0 Å². The van der Waals surface area contributed by atoms with Crippen molar-refractivity contribution in [3.05, 3.63) is 29.8 Å². The average molecular weight is 308 g/mol. The number of ether oxygens (including phenoxy) is 1. The van der Waals surface area contributed by atoms with Crippen LogP contribution >= 0.6 is 0 Å². The monoisotopic (exact) mass is 308 g/mol. The molecule has 0 spiro atoms. The minimum atomic E-state index is -5.51. The second-order valence-corrected chi connectivity index (χ2v) is 6.17. The maximum atomic E-state index is 13.3.